The largest absolute Gasteiger partial charge is 0.481 e. The van der Waals surface area contributed by atoms with Crippen molar-refractivity contribution in [3.63, 3.8) is 0 Å². The van der Waals surface area contributed by atoms with Gasteiger partial charge in [-0.15, -0.1) is 0 Å². The molecule has 0 aromatic heterocycles. The van der Waals surface area contributed by atoms with Crippen molar-refractivity contribution < 1.29 is 14.6 Å². The van der Waals surface area contributed by atoms with Gasteiger partial charge in [-0.1, -0.05) is 0 Å². The quantitative estimate of drug-likeness (QED) is 0.438. The number of rotatable bonds is 6. The molecule has 1 atom stereocenters. The standard InChI is InChI=1S/C28H43N3O3/c1-19-5-8-22-18-24(13-16-26(22)30(19)3)31(23-11-9-21(10-12-23)28(32)33)27(29-2)17-20-6-14-25(34-4)15-7-20/h13,16,18-21,23,25H,5-12,14-15,17H2,1-4H3,(H,32,33). The maximum absolute atomic E-state index is 11.6. The number of anilines is 2. The van der Waals surface area contributed by atoms with Crippen LogP contribution in [-0.2, 0) is 16.0 Å². The minimum absolute atomic E-state index is 0.205. The van der Waals surface area contributed by atoms with Crippen LogP contribution in [0.25, 0.3) is 0 Å². The first-order valence-electron chi connectivity index (χ1n) is 13.3. The predicted octanol–water partition coefficient (Wildman–Crippen LogP) is 5.53. The van der Waals surface area contributed by atoms with Crippen LogP contribution in [0, 0.1) is 11.8 Å². The van der Waals surface area contributed by atoms with Crippen molar-refractivity contribution in [2.75, 3.05) is 31.0 Å². The Labute approximate surface area is 205 Å². The van der Waals surface area contributed by atoms with E-state index in [0.29, 0.717) is 24.1 Å². The molecule has 0 spiro atoms. The van der Waals surface area contributed by atoms with E-state index in [-0.39, 0.29) is 5.92 Å². The molecule has 2 fully saturated rings. The average Bonchev–Trinajstić information content (AvgIpc) is 2.86. The lowest BCUT2D eigenvalue weighted by atomic mass is 9.83. The molecule has 4 rings (SSSR count). The number of fused-ring (bicyclic) bond motifs is 1. The maximum atomic E-state index is 11.6. The first-order chi connectivity index (χ1) is 16.4. The van der Waals surface area contributed by atoms with Crippen LogP contribution in [0.5, 0.6) is 0 Å². The summed E-state index contributed by atoms with van der Waals surface area (Å²) in [6.45, 7) is 2.30. The number of carbonyl (C=O) groups is 1. The third-order valence-electron chi connectivity index (χ3n) is 8.76. The van der Waals surface area contributed by atoms with Gasteiger partial charge < -0.3 is 19.6 Å². The molecule has 188 valence electrons. The summed E-state index contributed by atoms with van der Waals surface area (Å²) in [7, 11) is 5.95. The van der Waals surface area contributed by atoms with Gasteiger partial charge in [-0.3, -0.25) is 9.79 Å². The minimum atomic E-state index is -0.643. The number of hydrogen-bond acceptors (Lipinski definition) is 4. The van der Waals surface area contributed by atoms with Gasteiger partial charge in [0.15, 0.2) is 0 Å². The van der Waals surface area contributed by atoms with Crippen LogP contribution in [-0.4, -0.2) is 56.3 Å². The van der Waals surface area contributed by atoms with Gasteiger partial charge in [-0.2, -0.15) is 0 Å². The number of nitrogens with zero attached hydrogens (tertiary/aromatic N) is 3. The SMILES string of the molecule is CN=C(CC1CCC(OC)CC1)N(c1ccc2c(c1)CCC(C)N2C)C1CCC(C(=O)O)CC1. The molecule has 6 heteroatoms. The molecule has 1 unspecified atom stereocenters. The first kappa shape index (κ1) is 25.0. The molecule has 0 amide bonds. The highest BCUT2D eigenvalue weighted by Crippen LogP contribution is 2.38. The lowest BCUT2D eigenvalue weighted by molar-refractivity contribution is -0.142. The van der Waals surface area contributed by atoms with Crippen LogP contribution in [0.3, 0.4) is 0 Å². The van der Waals surface area contributed by atoms with Gasteiger partial charge >= 0.3 is 5.97 Å². The van der Waals surface area contributed by atoms with Crippen molar-refractivity contribution in [3.8, 4) is 0 Å². The van der Waals surface area contributed by atoms with Crippen LogP contribution in [0.1, 0.15) is 76.7 Å². The van der Waals surface area contributed by atoms with Gasteiger partial charge in [-0.25, -0.2) is 0 Å². The van der Waals surface area contributed by atoms with E-state index in [1.54, 1.807) is 0 Å². The molecule has 34 heavy (non-hydrogen) atoms. The normalized spacial score (nSPS) is 30.1. The third kappa shape index (κ3) is 5.42. The second-order valence-electron chi connectivity index (χ2n) is 10.7. The zero-order valence-electron chi connectivity index (χ0n) is 21.5. The molecular formula is C28H43N3O3. The zero-order chi connectivity index (χ0) is 24.2. The van der Waals surface area contributed by atoms with E-state index in [9.17, 15) is 9.90 Å². The van der Waals surface area contributed by atoms with Gasteiger partial charge in [0.05, 0.1) is 12.0 Å². The van der Waals surface area contributed by atoms with E-state index in [0.717, 1.165) is 57.2 Å². The Morgan fingerprint density at radius 3 is 2.44 bits per heavy atom. The molecule has 1 heterocycles. The van der Waals surface area contributed by atoms with E-state index in [1.807, 2.05) is 14.2 Å². The minimum Gasteiger partial charge on any atom is -0.481 e. The molecule has 1 aliphatic heterocycles. The zero-order valence-corrected chi connectivity index (χ0v) is 21.5. The molecule has 2 saturated carbocycles. The van der Waals surface area contributed by atoms with E-state index in [4.69, 9.17) is 9.73 Å². The van der Waals surface area contributed by atoms with Gasteiger partial charge in [0.25, 0.3) is 0 Å². The fourth-order valence-corrected chi connectivity index (χ4v) is 6.34. The molecule has 0 radical (unpaired) electrons. The Balaban J connectivity index is 1.59. The fraction of sp³-hybridized carbons (Fsp3) is 0.714. The van der Waals surface area contributed by atoms with Crippen LogP contribution < -0.4 is 9.80 Å². The Morgan fingerprint density at radius 2 is 1.82 bits per heavy atom. The number of aliphatic imine (C=N–C) groups is 1. The summed E-state index contributed by atoms with van der Waals surface area (Å²) in [6, 6.07) is 7.81. The van der Waals surface area contributed by atoms with E-state index < -0.39 is 5.97 Å². The van der Waals surface area contributed by atoms with Crippen molar-refractivity contribution in [3.05, 3.63) is 23.8 Å². The molecule has 0 saturated heterocycles. The molecule has 0 bridgehead atoms. The van der Waals surface area contributed by atoms with Crippen LogP contribution in [0.2, 0.25) is 0 Å². The number of amidine groups is 1. The number of aliphatic carboxylic acids is 1. The summed E-state index contributed by atoms with van der Waals surface area (Å²) in [5.41, 5.74) is 3.98. The number of methoxy groups -OCH3 is 1. The number of carboxylic acids is 1. The molecule has 1 aromatic carbocycles. The number of carboxylic acid groups (broad SMARTS) is 1. The van der Waals surface area contributed by atoms with Crippen molar-refractivity contribution >= 4 is 23.2 Å². The summed E-state index contributed by atoms with van der Waals surface area (Å²) in [4.78, 5) is 21.3. The maximum Gasteiger partial charge on any atom is 0.306 e. The molecular weight excluding hydrogens is 426 g/mol. The Morgan fingerprint density at radius 1 is 1.12 bits per heavy atom. The highest BCUT2D eigenvalue weighted by Gasteiger charge is 2.33. The number of hydrogen-bond donors (Lipinski definition) is 1. The van der Waals surface area contributed by atoms with Crippen LogP contribution in [0.4, 0.5) is 11.4 Å². The van der Waals surface area contributed by atoms with Crippen LogP contribution >= 0.6 is 0 Å². The Kier molecular flexibility index (Phi) is 8.18. The van der Waals surface area contributed by atoms with E-state index >= 15 is 0 Å². The lowest BCUT2D eigenvalue weighted by Gasteiger charge is -2.41. The first-order valence-corrected chi connectivity index (χ1v) is 13.3. The molecule has 1 N–H and O–H groups in total. The Bertz CT molecular complexity index is 870. The number of ether oxygens (including phenoxy) is 1. The third-order valence-corrected chi connectivity index (χ3v) is 8.76. The Hall–Kier alpha value is -2.08. The topological polar surface area (TPSA) is 65.4 Å². The van der Waals surface area contributed by atoms with Gasteiger partial charge in [0.1, 0.15) is 5.84 Å². The van der Waals surface area contributed by atoms with Crippen molar-refractivity contribution in [2.45, 2.75) is 95.7 Å². The second kappa shape index (κ2) is 11.1. The highest BCUT2D eigenvalue weighted by molar-refractivity contribution is 5.99. The molecule has 1 aromatic rings. The summed E-state index contributed by atoms with van der Waals surface area (Å²) >= 11 is 0. The van der Waals surface area contributed by atoms with Crippen molar-refractivity contribution in [2.24, 2.45) is 16.8 Å². The summed E-state index contributed by atoms with van der Waals surface area (Å²) in [6.07, 6.45) is 11.6. The average molecular weight is 470 g/mol. The predicted molar refractivity (Wildman–Crippen MR) is 139 cm³/mol. The number of aryl methyl sites for hydroxylation is 1. The van der Waals surface area contributed by atoms with Gasteiger partial charge in [0.2, 0.25) is 0 Å². The van der Waals surface area contributed by atoms with E-state index in [2.05, 4.69) is 42.0 Å². The van der Waals surface area contributed by atoms with Crippen molar-refractivity contribution in [1.29, 1.82) is 0 Å². The summed E-state index contributed by atoms with van der Waals surface area (Å²) < 4.78 is 5.59. The lowest BCUT2D eigenvalue weighted by Crippen LogP contribution is -2.44. The van der Waals surface area contributed by atoms with E-state index in [1.165, 1.54) is 36.2 Å². The van der Waals surface area contributed by atoms with Crippen LogP contribution in [0.15, 0.2) is 23.2 Å². The summed E-state index contributed by atoms with van der Waals surface area (Å²) in [5.74, 6) is 0.947. The van der Waals surface area contributed by atoms with Crippen molar-refractivity contribution in [1.82, 2.24) is 0 Å². The molecule has 2 aliphatic carbocycles. The molecule has 6 nitrogen and oxygen atoms in total. The smallest absolute Gasteiger partial charge is 0.306 e. The fourth-order valence-electron chi connectivity index (χ4n) is 6.34. The van der Waals surface area contributed by atoms with Gasteiger partial charge in [-0.05, 0) is 101 Å². The van der Waals surface area contributed by atoms with Gasteiger partial charge in [0, 0.05) is 51.1 Å². The highest BCUT2D eigenvalue weighted by atomic mass is 16.5. The monoisotopic (exact) mass is 469 g/mol. The molecule has 3 aliphatic rings. The summed E-state index contributed by atoms with van der Waals surface area (Å²) in [5, 5.41) is 9.52. The second-order valence-corrected chi connectivity index (χ2v) is 10.7. The number of benzene rings is 1.